The molecular weight excluding hydrogens is 180 g/mol. The summed E-state index contributed by atoms with van der Waals surface area (Å²) in [5.41, 5.74) is 0.642. The van der Waals surface area contributed by atoms with Gasteiger partial charge >= 0.3 is 0 Å². The number of carbonyl (C=O) groups is 1. The van der Waals surface area contributed by atoms with Gasteiger partial charge in [-0.15, -0.1) is 0 Å². The monoisotopic (exact) mass is 188 g/mol. The molecule has 0 saturated carbocycles. The van der Waals surface area contributed by atoms with Gasteiger partial charge in [-0.2, -0.15) is 5.10 Å². The summed E-state index contributed by atoms with van der Waals surface area (Å²) in [7, 11) is 0. The van der Waals surface area contributed by atoms with Gasteiger partial charge in [-0.05, 0) is 18.2 Å². The number of para-hydroxylation sites is 1. The smallest absolute Gasteiger partial charge is 0.214 e. The topological polar surface area (TPSA) is 66.0 Å². The quantitative estimate of drug-likeness (QED) is 0.699. The zero-order chi connectivity index (χ0) is 9.97. The number of hydrogen-bond acceptors (Lipinski definition) is 3. The van der Waals surface area contributed by atoms with Crippen LogP contribution in [0.15, 0.2) is 36.5 Å². The van der Waals surface area contributed by atoms with E-state index < -0.39 is 0 Å². The van der Waals surface area contributed by atoms with Gasteiger partial charge < -0.3 is 5.11 Å². The van der Waals surface area contributed by atoms with E-state index in [0.717, 1.165) is 0 Å². The zero-order valence-electron chi connectivity index (χ0n) is 7.27. The summed E-state index contributed by atoms with van der Waals surface area (Å²) in [4.78, 5) is 11.7. The Morgan fingerprint density at radius 3 is 2.71 bits per heavy atom. The maximum Gasteiger partial charge on any atom is 0.214 e. The largest absolute Gasteiger partial charge is 0.507 e. The molecule has 0 amide bonds. The van der Waals surface area contributed by atoms with Crippen LogP contribution in [-0.4, -0.2) is 21.1 Å². The molecule has 0 unspecified atom stereocenters. The molecule has 4 nitrogen and oxygen atoms in total. The third-order valence-corrected chi connectivity index (χ3v) is 1.89. The van der Waals surface area contributed by atoms with Crippen LogP contribution in [0.1, 0.15) is 16.1 Å². The van der Waals surface area contributed by atoms with Crippen molar-refractivity contribution in [3.8, 4) is 5.75 Å². The molecule has 70 valence electrons. The minimum Gasteiger partial charge on any atom is -0.507 e. The second-order valence-electron chi connectivity index (χ2n) is 2.82. The highest BCUT2D eigenvalue weighted by atomic mass is 16.3. The minimum absolute atomic E-state index is 0.0212. The number of aromatic amines is 1. The Labute approximate surface area is 80.2 Å². The number of carbonyl (C=O) groups excluding carboxylic acids is 1. The molecule has 2 aromatic rings. The van der Waals surface area contributed by atoms with Gasteiger partial charge in [-0.3, -0.25) is 9.89 Å². The predicted molar refractivity (Wildman–Crippen MR) is 50.1 cm³/mol. The van der Waals surface area contributed by atoms with Crippen molar-refractivity contribution in [3.63, 3.8) is 0 Å². The molecule has 0 aliphatic heterocycles. The molecule has 1 heterocycles. The van der Waals surface area contributed by atoms with Crippen LogP contribution in [0.25, 0.3) is 0 Å². The number of phenolic OH excluding ortho intramolecular Hbond substituents is 1. The van der Waals surface area contributed by atoms with Gasteiger partial charge in [0.1, 0.15) is 11.4 Å². The lowest BCUT2D eigenvalue weighted by Gasteiger charge is -2.00. The van der Waals surface area contributed by atoms with E-state index in [-0.39, 0.29) is 17.1 Å². The van der Waals surface area contributed by atoms with E-state index in [0.29, 0.717) is 5.69 Å². The molecule has 0 bridgehead atoms. The zero-order valence-corrected chi connectivity index (χ0v) is 7.27. The van der Waals surface area contributed by atoms with Gasteiger partial charge in [0, 0.05) is 6.20 Å². The van der Waals surface area contributed by atoms with E-state index in [1.807, 2.05) is 0 Å². The van der Waals surface area contributed by atoms with Crippen LogP contribution < -0.4 is 0 Å². The highest BCUT2D eigenvalue weighted by Crippen LogP contribution is 2.18. The van der Waals surface area contributed by atoms with Crippen molar-refractivity contribution in [1.82, 2.24) is 10.2 Å². The number of aromatic nitrogens is 2. The van der Waals surface area contributed by atoms with Crippen molar-refractivity contribution >= 4 is 5.78 Å². The van der Waals surface area contributed by atoms with E-state index in [1.54, 1.807) is 24.3 Å². The number of hydrogen-bond donors (Lipinski definition) is 2. The van der Waals surface area contributed by atoms with Gasteiger partial charge in [-0.25, -0.2) is 0 Å². The SMILES string of the molecule is O=C(c1ccn[nH]1)c1ccccc1O. The first-order valence-corrected chi connectivity index (χ1v) is 4.11. The van der Waals surface area contributed by atoms with Crippen LogP contribution in [0.4, 0.5) is 0 Å². The first-order valence-electron chi connectivity index (χ1n) is 4.11. The van der Waals surface area contributed by atoms with Crippen LogP contribution in [0.2, 0.25) is 0 Å². The fraction of sp³-hybridized carbons (Fsp3) is 0. The molecule has 0 fully saturated rings. The van der Waals surface area contributed by atoms with Crippen LogP contribution in [0, 0.1) is 0 Å². The van der Waals surface area contributed by atoms with Gasteiger partial charge in [0.2, 0.25) is 5.78 Å². The molecule has 2 rings (SSSR count). The highest BCUT2D eigenvalue weighted by Gasteiger charge is 2.13. The number of ketones is 1. The van der Waals surface area contributed by atoms with Gasteiger partial charge in [-0.1, -0.05) is 12.1 Å². The number of phenols is 1. The number of benzene rings is 1. The van der Waals surface area contributed by atoms with Gasteiger partial charge in [0.25, 0.3) is 0 Å². The molecule has 4 heteroatoms. The van der Waals surface area contributed by atoms with Crippen molar-refractivity contribution < 1.29 is 9.90 Å². The van der Waals surface area contributed by atoms with Crippen molar-refractivity contribution in [2.24, 2.45) is 0 Å². The molecular formula is C10H8N2O2. The maximum absolute atomic E-state index is 11.7. The van der Waals surface area contributed by atoms with Gasteiger partial charge in [0.05, 0.1) is 5.56 Å². The van der Waals surface area contributed by atoms with E-state index in [1.165, 1.54) is 12.3 Å². The second kappa shape index (κ2) is 3.33. The fourth-order valence-corrected chi connectivity index (χ4v) is 1.19. The van der Waals surface area contributed by atoms with Gasteiger partial charge in [0.15, 0.2) is 0 Å². The molecule has 0 aliphatic rings. The Morgan fingerprint density at radius 2 is 2.07 bits per heavy atom. The van der Waals surface area contributed by atoms with E-state index >= 15 is 0 Å². The first-order chi connectivity index (χ1) is 6.79. The highest BCUT2D eigenvalue weighted by molar-refractivity contribution is 6.09. The molecule has 1 aromatic heterocycles. The Bertz CT molecular complexity index is 449. The summed E-state index contributed by atoms with van der Waals surface area (Å²) in [6.07, 6.45) is 1.49. The minimum atomic E-state index is -0.263. The normalized spacial score (nSPS) is 10.0. The van der Waals surface area contributed by atoms with Crippen molar-refractivity contribution in [2.45, 2.75) is 0 Å². The summed E-state index contributed by atoms with van der Waals surface area (Å²) >= 11 is 0. The Balaban J connectivity index is 2.42. The maximum atomic E-state index is 11.7. The summed E-state index contributed by atoms with van der Waals surface area (Å²) in [5, 5.41) is 15.6. The predicted octanol–water partition coefficient (Wildman–Crippen LogP) is 1.35. The average Bonchev–Trinajstić information content (AvgIpc) is 2.70. The fourth-order valence-electron chi connectivity index (χ4n) is 1.19. The van der Waals surface area contributed by atoms with Crippen molar-refractivity contribution in [2.75, 3.05) is 0 Å². The van der Waals surface area contributed by atoms with E-state index in [9.17, 15) is 9.90 Å². The van der Waals surface area contributed by atoms with Crippen molar-refractivity contribution in [3.05, 3.63) is 47.8 Å². The standard InChI is InChI=1S/C10H8N2O2/c13-9-4-2-1-3-7(9)10(14)8-5-6-11-12-8/h1-6,13H,(H,11,12). The van der Waals surface area contributed by atoms with E-state index in [4.69, 9.17) is 0 Å². The summed E-state index contributed by atoms with van der Waals surface area (Å²) in [6, 6.07) is 7.97. The number of nitrogens with zero attached hydrogens (tertiary/aromatic N) is 1. The lowest BCUT2D eigenvalue weighted by Crippen LogP contribution is -2.01. The van der Waals surface area contributed by atoms with Crippen molar-refractivity contribution in [1.29, 1.82) is 0 Å². The second-order valence-corrected chi connectivity index (χ2v) is 2.82. The third kappa shape index (κ3) is 1.37. The summed E-state index contributed by atoms with van der Waals surface area (Å²) < 4.78 is 0. The number of nitrogens with one attached hydrogen (secondary N) is 1. The molecule has 1 aromatic carbocycles. The molecule has 0 aliphatic carbocycles. The van der Waals surface area contributed by atoms with Crippen LogP contribution in [0.3, 0.4) is 0 Å². The average molecular weight is 188 g/mol. The Morgan fingerprint density at radius 1 is 1.29 bits per heavy atom. The molecule has 0 atom stereocenters. The number of aromatic hydroxyl groups is 1. The molecule has 14 heavy (non-hydrogen) atoms. The molecule has 2 N–H and O–H groups in total. The summed E-state index contributed by atoms with van der Waals surface area (Å²) in [6.45, 7) is 0. The third-order valence-electron chi connectivity index (χ3n) is 1.89. The summed E-state index contributed by atoms with van der Waals surface area (Å²) in [5.74, 6) is -0.285. The number of rotatable bonds is 2. The van der Waals surface area contributed by atoms with Crippen LogP contribution >= 0.6 is 0 Å². The molecule has 0 saturated heterocycles. The molecule has 0 spiro atoms. The lowest BCUT2D eigenvalue weighted by molar-refractivity contribution is 0.103. The first kappa shape index (κ1) is 8.50. The Hall–Kier alpha value is -2.10. The Kier molecular flexibility index (Phi) is 2.02. The lowest BCUT2D eigenvalue weighted by atomic mass is 10.1. The van der Waals surface area contributed by atoms with Crippen LogP contribution in [-0.2, 0) is 0 Å². The molecule has 0 radical (unpaired) electrons. The van der Waals surface area contributed by atoms with E-state index in [2.05, 4.69) is 10.2 Å². The van der Waals surface area contributed by atoms with Crippen LogP contribution in [0.5, 0.6) is 5.75 Å². The number of H-pyrrole nitrogens is 1.